The molecule has 4 nitrogen and oxygen atoms in total. The Balaban J connectivity index is 3.11. The lowest BCUT2D eigenvalue weighted by molar-refractivity contribution is 0.0873. The smallest absolute Gasteiger partial charge is 0.308 e. The Morgan fingerprint density at radius 1 is 1.56 bits per heavy atom. The quantitative estimate of drug-likeness (QED) is 0.473. The van der Waals surface area contributed by atoms with E-state index < -0.39 is 18.2 Å². The van der Waals surface area contributed by atoms with Crippen LogP contribution in [0.5, 0.6) is 0 Å². The van der Waals surface area contributed by atoms with Crippen LogP contribution in [0.1, 0.15) is 9.67 Å². The van der Waals surface area contributed by atoms with E-state index in [2.05, 4.69) is 9.05 Å². The zero-order chi connectivity index (χ0) is 12.4. The van der Waals surface area contributed by atoms with Gasteiger partial charge in [-0.15, -0.1) is 11.3 Å². The first-order chi connectivity index (χ1) is 7.39. The molecule has 0 unspecified atom stereocenters. The number of thiophene rings is 1. The monoisotopic (exact) mass is 286 g/mol. The molecule has 0 fully saturated rings. The molecule has 8 heteroatoms. The minimum atomic E-state index is -4.33. The van der Waals surface area contributed by atoms with Gasteiger partial charge in [-0.3, -0.25) is 9.36 Å². The largest absolute Gasteiger partial charge is 0.390 e. The summed E-state index contributed by atoms with van der Waals surface area (Å²) in [6.45, 7) is 0. The molecular formula is C8H9ClFO4PS. The fraction of sp³-hybridized carbons (Fsp3) is 0.375. The van der Waals surface area contributed by atoms with Gasteiger partial charge in [-0.1, -0.05) is 17.7 Å². The summed E-state index contributed by atoms with van der Waals surface area (Å²) in [5.41, 5.74) is 0. The Labute approximate surface area is 101 Å². The van der Waals surface area contributed by atoms with Gasteiger partial charge < -0.3 is 9.05 Å². The number of ketones is 1. The highest BCUT2D eigenvalue weighted by Gasteiger charge is 2.56. The van der Waals surface area contributed by atoms with E-state index in [1.165, 1.54) is 6.07 Å². The molecule has 0 radical (unpaired) electrons. The molecule has 0 aliphatic heterocycles. The summed E-state index contributed by atoms with van der Waals surface area (Å²) in [4.78, 5) is 8.50. The Hall–Kier alpha value is -0.260. The number of halogens is 2. The van der Waals surface area contributed by atoms with Crippen LogP contribution >= 0.6 is 30.5 Å². The van der Waals surface area contributed by atoms with E-state index in [0.29, 0.717) is 0 Å². The lowest BCUT2D eigenvalue weighted by atomic mass is 10.3. The number of alkyl halides is 2. The van der Waals surface area contributed by atoms with Crippen molar-refractivity contribution >= 4 is 36.3 Å². The highest BCUT2D eigenvalue weighted by atomic mass is 35.5. The molecule has 16 heavy (non-hydrogen) atoms. The summed E-state index contributed by atoms with van der Waals surface area (Å²) in [6.07, 6.45) is 0. The molecule has 90 valence electrons. The van der Waals surface area contributed by atoms with E-state index >= 15 is 0 Å². The lowest BCUT2D eigenvalue weighted by Gasteiger charge is -2.23. The molecule has 0 aliphatic rings. The van der Waals surface area contributed by atoms with Gasteiger partial charge in [0.1, 0.15) is 0 Å². The van der Waals surface area contributed by atoms with Crippen LogP contribution in [0, 0.1) is 0 Å². The highest BCUT2D eigenvalue weighted by molar-refractivity contribution is 7.59. The van der Waals surface area contributed by atoms with E-state index in [0.717, 1.165) is 25.6 Å². The molecule has 1 atom stereocenters. The minimum Gasteiger partial charge on any atom is -0.308 e. The summed E-state index contributed by atoms with van der Waals surface area (Å²) < 4.78 is 34.5. The summed E-state index contributed by atoms with van der Waals surface area (Å²) in [5, 5.41) is 1.57. The fourth-order valence-electron chi connectivity index (χ4n) is 0.984. The van der Waals surface area contributed by atoms with Gasteiger partial charge in [0.05, 0.1) is 4.88 Å². The molecule has 0 N–H and O–H groups in total. The van der Waals surface area contributed by atoms with Crippen molar-refractivity contribution in [3.8, 4) is 0 Å². The maximum absolute atomic E-state index is 14.0. The topological polar surface area (TPSA) is 52.6 Å². The van der Waals surface area contributed by atoms with Gasteiger partial charge in [0.15, 0.2) is 0 Å². The standard InChI is InChI=1S/C8H9ClFO4PS/c1-13-15(12,14-2)8(9,10)7(11)6-4-3-5-16-6/h3-5H,1-2H3/t8-/m0/s1. The third kappa shape index (κ3) is 2.21. The van der Waals surface area contributed by atoms with Crippen molar-refractivity contribution in [2.45, 2.75) is 4.87 Å². The van der Waals surface area contributed by atoms with Crippen molar-refractivity contribution < 1.29 is 22.8 Å². The first-order valence-corrected chi connectivity index (χ1v) is 6.87. The van der Waals surface area contributed by atoms with Gasteiger partial charge in [0.2, 0.25) is 5.78 Å². The molecule has 0 amide bonds. The normalized spacial score (nSPS) is 15.8. The Morgan fingerprint density at radius 2 is 2.12 bits per heavy atom. The average Bonchev–Trinajstić information content (AvgIpc) is 2.79. The zero-order valence-electron chi connectivity index (χ0n) is 8.48. The molecule has 1 aromatic rings. The van der Waals surface area contributed by atoms with E-state index in [1.54, 1.807) is 11.4 Å². The summed E-state index contributed by atoms with van der Waals surface area (Å²) in [7, 11) is -2.40. The third-order valence-electron chi connectivity index (χ3n) is 1.84. The van der Waals surface area contributed by atoms with Crippen LogP contribution in [0.2, 0.25) is 0 Å². The van der Waals surface area contributed by atoms with Gasteiger partial charge in [-0.05, 0) is 11.4 Å². The van der Waals surface area contributed by atoms with Crippen LogP contribution in [0.25, 0.3) is 0 Å². The number of rotatable bonds is 5. The van der Waals surface area contributed by atoms with Crippen molar-refractivity contribution in [3.63, 3.8) is 0 Å². The lowest BCUT2D eigenvalue weighted by Crippen LogP contribution is -2.28. The Morgan fingerprint density at radius 3 is 2.50 bits per heavy atom. The second kappa shape index (κ2) is 4.94. The Kier molecular flexibility index (Phi) is 4.26. The van der Waals surface area contributed by atoms with Crippen LogP contribution in [-0.2, 0) is 13.6 Å². The Bertz CT molecular complexity index is 412. The molecule has 0 aromatic carbocycles. The predicted octanol–water partition coefficient (Wildman–Crippen LogP) is 3.28. The number of hydrogen-bond donors (Lipinski definition) is 0. The molecule has 1 heterocycles. The molecule has 0 bridgehead atoms. The zero-order valence-corrected chi connectivity index (χ0v) is 10.9. The number of carbonyl (C=O) groups excluding carboxylic acids is 1. The SMILES string of the molecule is COP(=O)(OC)[C@](F)(Cl)C(=O)c1cccs1. The molecule has 0 spiro atoms. The average molecular weight is 287 g/mol. The van der Waals surface area contributed by atoms with E-state index in [1.807, 2.05) is 0 Å². The van der Waals surface area contributed by atoms with Crippen LogP contribution < -0.4 is 0 Å². The van der Waals surface area contributed by atoms with Crippen molar-refractivity contribution in [2.24, 2.45) is 0 Å². The van der Waals surface area contributed by atoms with Gasteiger partial charge in [-0.25, -0.2) is 4.39 Å². The maximum Gasteiger partial charge on any atom is 0.390 e. The highest BCUT2D eigenvalue weighted by Crippen LogP contribution is 2.63. The first-order valence-electron chi connectivity index (χ1n) is 4.07. The summed E-state index contributed by atoms with van der Waals surface area (Å²) >= 11 is 6.35. The van der Waals surface area contributed by atoms with E-state index in [-0.39, 0.29) is 4.88 Å². The molecule has 1 aromatic heterocycles. The number of hydrogen-bond acceptors (Lipinski definition) is 5. The predicted molar refractivity (Wildman–Crippen MR) is 60.0 cm³/mol. The fourth-order valence-corrected chi connectivity index (χ4v) is 3.32. The van der Waals surface area contributed by atoms with E-state index in [4.69, 9.17) is 11.6 Å². The van der Waals surface area contributed by atoms with Crippen LogP contribution in [0.3, 0.4) is 0 Å². The van der Waals surface area contributed by atoms with Crippen molar-refractivity contribution in [1.29, 1.82) is 0 Å². The molecule has 0 saturated heterocycles. The second-order valence-electron chi connectivity index (χ2n) is 2.71. The minimum absolute atomic E-state index is 0.0480. The van der Waals surface area contributed by atoms with Crippen molar-refractivity contribution in [3.05, 3.63) is 22.4 Å². The molecule has 0 aliphatic carbocycles. The van der Waals surface area contributed by atoms with Crippen LogP contribution in [0.15, 0.2) is 17.5 Å². The summed E-state index contributed by atoms with van der Waals surface area (Å²) in [5.74, 6) is -1.13. The van der Waals surface area contributed by atoms with Gasteiger partial charge in [0.25, 0.3) is 0 Å². The van der Waals surface area contributed by atoms with Crippen molar-refractivity contribution in [2.75, 3.05) is 14.2 Å². The second-order valence-corrected chi connectivity index (χ2v) is 6.78. The molecular weight excluding hydrogens is 278 g/mol. The van der Waals surface area contributed by atoms with Gasteiger partial charge >= 0.3 is 12.5 Å². The van der Waals surface area contributed by atoms with Crippen molar-refractivity contribution in [1.82, 2.24) is 0 Å². The van der Waals surface area contributed by atoms with Crippen LogP contribution in [0.4, 0.5) is 4.39 Å². The molecule has 0 saturated carbocycles. The molecule has 1 rings (SSSR count). The van der Waals surface area contributed by atoms with E-state index in [9.17, 15) is 13.8 Å². The van der Waals surface area contributed by atoms with Gasteiger partial charge in [0, 0.05) is 14.2 Å². The number of Topliss-reactive ketones (excluding diaryl/α,β-unsaturated/α-hetero) is 1. The van der Waals surface area contributed by atoms with Gasteiger partial charge in [-0.2, -0.15) is 0 Å². The first kappa shape index (κ1) is 13.8. The van der Waals surface area contributed by atoms with Crippen LogP contribution in [-0.4, -0.2) is 24.9 Å². The maximum atomic E-state index is 14.0. The number of carbonyl (C=O) groups is 1. The summed E-state index contributed by atoms with van der Waals surface area (Å²) in [6, 6.07) is 2.93. The third-order valence-corrected chi connectivity index (χ3v) is 5.36.